The van der Waals surface area contributed by atoms with Crippen molar-refractivity contribution in [3.8, 4) is 0 Å². The number of nitrogens with one attached hydrogen (secondary N) is 1. The molecule has 0 radical (unpaired) electrons. The van der Waals surface area contributed by atoms with Gasteiger partial charge in [0.05, 0.1) is 12.2 Å². The van der Waals surface area contributed by atoms with Gasteiger partial charge in [0.25, 0.3) is 5.91 Å². The number of carbonyl (C=O) groups is 2. The van der Waals surface area contributed by atoms with Crippen LogP contribution in [0.3, 0.4) is 0 Å². The quantitative estimate of drug-likeness (QED) is 0.863. The average Bonchev–Trinajstić information content (AvgIpc) is 3.28. The fourth-order valence-electron chi connectivity index (χ4n) is 3.97. The molecule has 1 N–H and O–H groups in total. The summed E-state index contributed by atoms with van der Waals surface area (Å²) >= 11 is 0. The van der Waals surface area contributed by atoms with Gasteiger partial charge < -0.3 is 14.6 Å². The van der Waals surface area contributed by atoms with E-state index in [9.17, 15) is 9.59 Å². The Morgan fingerprint density at radius 3 is 2.72 bits per heavy atom. The zero-order valence-electron chi connectivity index (χ0n) is 14.1. The van der Waals surface area contributed by atoms with E-state index in [2.05, 4.69) is 10.2 Å². The zero-order chi connectivity index (χ0) is 17.4. The smallest absolute Gasteiger partial charge is 0.325 e. The Kier molecular flexibility index (Phi) is 3.84. The second-order valence-corrected chi connectivity index (χ2v) is 6.86. The van der Waals surface area contributed by atoms with Crippen molar-refractivity contribution in [3.63, 3.8) is 0 Å². The van der Waals surface area contributed by atoms with E-state index in [1.807, 2.05) is 49.5 Å². The van der Waals surface area contributed by atoms with E-state index in [4.69, 9.17) is 4.42 Å². The van der Waals surface area contributed by atoms with Gasteiger partial charge in [-0.2, -0.15) is 0 Å². The number of urea groups is 1. The lowest BCUT2D eigenvalue weighted by atomic mass is 9.85. The van der Waals surface area contributed by atoms with E-state index in [1.165, 1.54) is 4.90 Å². The van der Waals surface area contributed by atoms with Gasteiger partial charge in [0.2, 0.25) is 0 Å². The number of hydrogen-bond acceptors (Lipinski definition) is 4. The average molecular weight is 339 g/mol. The number of likely N-dealkylation sites (tertiary alicyclic amines) is 1. The van der Waals surface area contributed by atoms with E-state index in [1.54, 1.807) is 6.26 Å². The van der Waals surface area contributed by atoms with Crippen LogP contribution in [0.5, 0.6) is 0 Å². The monoisotopic (exact) mass is 339 g/mol. The molecule has 0 unspecified atom stereocenters. The van der Waals surface area contributed by atoms with Gasteiger partial charge in [0.1, 0.15) is 11.3 Å². The predicted molar refractivity (Wildman–Crippen MR) is 92.1 cm³/mol. The molecule has 1 spiro atoms. The molecular weight excluding hydrogens is 318 g/mol. The van der Waals surface area contributed by atoms with Gasteiger partial charge in [-0.15, -0.1) is 0 Å². The number of imide groups is 1. The molecule has 3 heterocycles. The molecule has 3 amide bonds. The van der Waals surface area contributed by atoms with E-state index in [0.717, 1.165) is 11.3 Å². The Morgan fingerprint density at radius 2 is 2.00 bits per heavy atom. The van der Waals surface area contributed by atoms with Crippen LogP contribution in [0.4, 0.5) is 4.79 Å². The lowest BCUT2D eigenvalue weighted by molar-refractivity contribution is -0.131. The third-order valence-corrected chi connectivity index (χ3v) is 5.16. The van der Waals surface area contributed by atoms with Gasteiger partial charge >= 0.3 is 6.03 Å². The van der Waals surface area contributed by atoms with Crippen molar-refractivity contribution in [2.24, 2.45) is 0 Å². The minimum Gasteiger partial charge on any atom is -0.469 e. The molecule has 6 heteroatoms. The summed E-state index contributed by atoms with van der Waals surface area (Å²) in [7, 11) is 1.96. The number of likely N-dealkylation sites (N-methyl/N-ethyl adjacent to an activating group) is 1. The molecule has 0 saturated carbocycles. The molecule has 0 aliphatic carbocycles. The summed E-state index contributed by atoms with van der Waals surface area (Å²) in [6.45, 7) is 1.54. The van der Waals surface area contributed by atoms with E-state index < -0.39 is 5.54 Å². The summed E-state index contributed by atoms with van der Waals surface area (Å²) in [5, 5.41) is 2.97. The summed E-state index contributed by atoms with van der Waals surface area (Å²) in [6.07, 6.45) is 2.26. The van der Waals surface area contributed by atoms with Gasteiger partial charge in [-0.25, -0.2) is 4.79 Å². The van der Waals surface area contributed by atoms with Crippen molar-refractivity contribution in [1.82, 2.24) is 15.1 Å². The topological polar surface area (TPSA) is 65.8 Å². The minimum absolute atomic E-state index is 0.154. The summed E-state index contributed by atoms with van der Waals surface area (Å²) < 4.78 is 5.55. The molecule has 0 bridgehead atoms. The fourth-order valence-corrected chi connectivity index (χ4v) is 3.97. The molecule has 1 aromatic heterocycles. The fraction of sp³-hybridized carbons (Fsp3) is 0.368. The molecule has 2 saturated heterocycles. The molecule has 2 atom stereocenters. The Hall–Kier alpha value is -2.60. The van der Waals surface area contributed by atoms with Crippen molar-refractivity contribution in [2.45, 2.75) is 17.9 Å². The predicted octanol–water partition coefficient (Wildman–Crippen LogP) is 1.84. The Labute approximate surface area is 146 Å². The third kappa shape index (κ3) is 2.62. The normalized spacial score (nSPS) is 26.6. The maximum atomic E-state index is 13.2. The molecule has 6 nitrogen and oxygen atoms in total. The summed E-state index contributed by atoms with van der Waals surface area (Å²) in [4.78, 5) is 29.1. The first-order valence-electron chi connectivity index (χ1n) is 8.50. The molecule has 2 aliphatic heterocycles. The first-order valence-corrected chi connectivity index (χ1v) is 8.50. The van der Waals surface area contributed by atoms with Crippen LogP contribution in [0, 0.1) is 0 Å². The van der Waals surface area contributed by atoms with Gasteiger partial charge in [0, 0.05) is 19.6 Å². The number of benzene rings is 1. The van der Waals surface area contributed by atoms with Crippen molar-refractivity contribution in [1.29, 1.82) is 0 Å². The van der Waals surface area contributed by atoms with Gasteiger partial charge in [-0.05, 0) is 31.2 Å². The minimum atomic E-state index is -0.930. The van der Waals surface area contributed by atoms with Crippen molar-refractivity contribution in [2.75, 3.05) is 26.7 Å². The number of rotatable bonds is 4. The summed E-state index contributed by atoms with van der Waals surface area (Å²) in [5.41, 5.74) is 0.176. The maximum Gasteiger partial charge on any atom is 0.325 e. The van der Waals surface area contributed by atoms with Crippen LogP contribution >= 0.6 is 0 Å². The number of hydrogen-bond donors (Lipinski definition) is 1. The molecular formula is C19H21N3O3. The largest absolute Gasteiger partial charge is 0.469 e. The summed E-state index contributed by atoms with van der Waals surface area (Å²) in [6, 6.07) is 13.3. The van der Waals surface area contributed by atoms with Crippen LogP contribution in [-0.4, -0.2) is 54.0 Å². The van der Waals surface area contributed by atoms with Crippen LogP contribution in [0.15, 0.2) is 53.1 Å². The standard InChI is InChI=1S/C19H21N3O3/c1-21-12-15(16-8-5-11-25-16)19(13-21)17(23)22(18(24)20-19)10-9-14-6-3-2-4-7-14/h2-8,11,15H,9-10,12-13H2,1H3,(H,20,24)/t15-,19+/m1/s1. The van der Waals surface area contributed by atoms with Crippen LogP contribution in [-0.2, 0) is 11.2 Å². The van der Waals surface area contributed by atoms with E-state index >= 15 is 0 Å². The highest BCUT2D eigenvalue weighted by Crippen LogP contribution is 2.39. The Balaban J connectivity index is 1.57. The Bertz CT molecular complexity index is 774. The molecule has 2 fully saturated rings. The molecule has 130 valence electrons. The second kappa shape index (κ2) is 6.04. The zero-order valence-corrected chi connectivity index (χ0v) is 14.1. The first kappa shape index (κ1) is 15.9. The third-order valence-electron chi connectivity index (χ3n) is 5.16. The molecule has 2 aliphatic rings. The van der Waals surface area contributed by atoms with Crippen molar-refractivity contribution in [3.05, 3.63) is 60.1 Å². The second-order valence-electron chi connectivity index (χ2n) is 6.86. The van der Waals surface area contributed by atoms with Crippen LogP contribution in [0.1, 0.15) is 17.2 Å². The molecule has 1 aromatic carbocycles. The SMILES string of the molecule is CN1C[C@H](c2ccco2)[C@]2(C1)NC(=O)N(CCc1ccccc1)C2=O. The van der Waals surface area contributed by atoms with Crippen LogP contribution in [0.25, 0.3) is 0 Å². The molecule has 4 rings (SSSR count). The number of amides is 3. The molecule has 25 heavy (non-hydrogen) atoms. The van der Waals surface area contributed by atoms with Crippen molar-refractivity contribution < 1.29 is 14.0 Å². The lowest BCUT2D eigenvalue weighted by Gasteiger charge is -2.26. The van der Waals surface area contributed by atoms with Gasteiger partial charge in [0.15, 0.2) is 0 Å². The Morgan fingerprint density at radius 1 is 1.20 bits per heavy atom. The lowest BCUT2D eigenvalue weighted by Crippen LogP contribution is -2.52. The van der Waals surface area contributed by atoms with Gasteiger partial charge in [-0.3, -0.25) is 9.69 Å². The maximum absolute atomic E-state index is 13.2. The number of nitrogens with zero attached hydrogens (tertiary/aromatic N) is 2. The highest BCUT2D eigenvalue weighted by atomic mass is 16.3. The number of furan rings is 1. The van der Waals surface area contributed by atoms with Crippen LogP contribution < -0.4 is 5.32 Å². The summed E-state index contributed by atoms with van der Waals surface area (Å²) in [5.74, 6) is 0.410. The molecule has 2 aromatic rings. The van der Waals surface area contributed by atoms with Crippen LogP contribution in [0.2, 0.25) is 0 Å². The number of carbonyl (C=O) groups excluding carboxylic acids is 2. The van der Waals surface area contributed by atoms with E-state index in [0.29, 0.717) is 26.1 Å². The first-order chi connectivity index (χ1) is 12.1. The van der Waals surface area contributed by atoms with Gasteiger partial charge in [-0.1, -0.05) is 30.3 Å². The highest BCUT2D eigenvalue weighted by molar-refractivity contribution is 6.08. The van der Waals surface area contributed by atoms with Crippen molar-refractivity contribution >= 4 is 11.9 Å². The highest BCUT2D eigenvalue weighted by Gasteiger charge is 2.60. The van der Waals surface area contributed by atoms with E-state index in [-0.39, 0.29) is 17.9 Å².